The van der Waals surface area contributed by atoms with Crippen molar-refractivity contribution >= 4 is 10.1 Å². The molecular weight excluding hydrogens is 236 g/mol. The van der Waals surface area contributed by atoms with Crippen LogP contribution in [0.1, 0.15) is 19.3 Å². The Balaban J connectivity index is 1.96. The minimum Gasteiger partial charge on any atom is -0.266 e. The molecule has 1 atom stereocenters. The first-order chi connectivity index (χ1) is 8.18. The van der Waals surface area contributed by atoms with Gasteiger partial charge in [-0.3, -0.25) is 4.18 Å². The second kappa shape index (κ2) is 5.47. The van der Waals surface area contributed by atoms with Crippen molar-refractivity contribution in [2.45, 2.75) is 24.2 Å². The van der Waals surface area contributed by atoms with Gasteiger partial charge in [0, 0.05) is 0 Å². The normalized spacial score (nSPS) is 20.4. The van der Waals surface area contributed by atoms with E-state index in [-0.39, 0.29) is 11.5 Å². The van der Waals surface area contributed by atoms with Crippen molar-refractivity contribution in [1.82, 2.24) is 0 Å². The van der Waals surface area contributed by atoms with Crippen LogP contribution < -0.4 is 0 Å². The maximum absolute atomic E-state index is 11.8. The molecule has 0 fully saturated rings. The summed E-state index contributed by atoms with van der Waals surface area (Å²) in [6.45, 7) is 0.279. The summed E-state index contributed by atoms with van der Waals surface area (Å²) >= 11 is 0. The number of hydrogen-bond acceptors (Lipinski definition) is 3. The SMILES string of the molecule is O=S(=O)(OCC1CC=CCC1)c1ccccc1. The molecule has 0 spiro atoms. The van der Waals surface area contributed by atoms with Gasteiger partial charge in [0.1, 0.15) is 0 Å². The molecule has 0 saturated heterocycles. The zero-order valence-corrected chi connectivity index (χ0v) is 10.4. The maximum atomic E-state index is 11.8. The van der Waals surface area contributed by atoms with Gasteiger partial charge >= 0.3 is 0 Å². The van der Waals surface area contributed by atoms with Crippen LogP contribution in [0.3, 0.4) is 0 Å². The summed E-state index contributed by atoms with van der Waals surface area (Å²) in [6.07, 6.45) is 7.14. The zero-order valence-electron chi connectivity index (χ0n) is 9.58. The van der Waals surface area contributed by atoms with Crippen LogP contribution in [0.25, 0.3) is 0 Å². The monoisotopic (exact) mass is 252 g/mol. The summed E-state index contributed by atoms with van der Waals surface area (Å²) in [7, 11) is -3.58. The molecule has 1 aliphatic rings. The fraction of sp³-hybridized carbons (Fsp3) is 0.385. The maximum Gasteiger partial charge on any atom is 0.296 e. The Bertz CT molecular complexity index is 477. The molecule has 92 valence electrons. The minimum absolute atomic E-state index is 0.228. The molecule has 1 aromatic carbocycles. The molecule has 0 saturated carbocycles. The van der Waals surface area contributed by atoms with Crippen molar-refractivity contribution in [2.75, 3.05) is 6.61 Å². The molecule has 0 radical (unpaired) electrons. The second-order valence-electron chi connectivity index (χ2n) is 4.20. The lowest BCUT2D eigenvalue weighted by Crippen LogP contribution is -2.15. The molecule has 3 nitrogen and oxygen atoms in total. The standard InChI is InChI=1S/C13H16O3S/c14-17(15,13-9-5-2-6-10-13)16-11-12-7-3-1-4-8-12/h1-3,5-6,9-10,12H,4,7-8,11H2. The topological polar surface area (TPSA) is 43.4 Å². The molecule has 1 aliphatic carbocycles. The lowest BCUT2D eigenvalue weighted by Gasteiger charge is -2.17. The first kappa shape index (κ1) is 12.3. The Morgan fingerprint density at radius 1 is 1.18 bits per heavy atom. The first-order valence-electron chi connectivity index (χ1n) is 5.78. The molecule has 1 unspecified atom stereocenters. The molecule has 0 aliphatic heterocycles. The Morgan fingerprint density at radius 2 is 1.94 bits per heavy atom. The van der Waals surface area contributed by atoms with E-state index in [4.69, 9.17) is 4.18 Å². The summed E-state index contributed by atoms with van der Waals surface area (Å²) in [5.41, 5.74) is 0. The van der Waals surface area contributed by atoms with E-state index in [2.05, 4.69) is 12.2 Å². The van der Waals surface area contributed by atoms with E-state index in [9.17, 15) is 8.42 Å². The van der Waals surface area contributed by atoms with Gasteiger partial charge in [0.05, 0.1) is 11.5 Å². The Kier molecular flexibility index (Phi) is 3.97. The summed E-state index contributed by atoms with van der Waals surface area (Å²) in [5, 5.41) is 0. The molecule has 1 aromatic rings. The smallest absolute Gasteiger partial charge is 0.266 e. The van der Waals surface area contributed by atoms with Gasteiger partial charge < -0.3 is 0 Å². The number of benzene rings is 1. The van der Waals surface area contributed by atoms with Gasteiger partial charge in [-0.1, -0.05) is 30.4 Å². The highest BCUT2D eigenvalue weighted by atomic mass is 32.2. The minimum atomic E-state index is -3.58. The number of hydrogen-bond donors (Lipinski definition) is 0. The van der Waals surface area contributed by atoms with E-state index in [1.165, 1.54) is 0 Å². The van der Waals surface area contributed by atoms with Gasteiger partial charge in [0.2, 0.25) is 0 Å². The average Bonchev–Trinajstić information content (AvgIpc) is 2.39. The van der Waals surface area contributed by atoms with Crippen molar-refractivity contribution in [2.24, 2.45) is 5.92 Å². The molecule has 4 heteroatoms. The van der Waals surface area contributed by atoms with Gasteiger partial charge in [0.25, 0.3) is 10.1 Å². The predicted molar refractivity (Wildman–Crippen MR) is 66.1 cm³/mol. The van der Waals surface area contributed by atoms with Crippen LogP contribution in [0.5, 0.6) is 0 Å². The predicted octanol–water partition coefficient (Wildman–Crippen LogP) is 2.75. The van der Waals surface area contributed by atoms with E-state index in [0.29, 0.717) is 5.92 Å². The second-order valence-corrected chi connectivity index (χ2v) is 5.82. The third-order valence-electron chi connectivity index (χ3n) is 2.87. The van der Waals surface area contributed by atoms with Gasteiger partial charge in [-0.05, 0) is 37.3 Å². The molecule has 2 rings (SSSR count). The quantitative estimate of drug-likeness (QED) is 0.611. The van der Waals surface area contributed by atoms with E-state index < -0.39 is 10.1 Å². The van der Waals surface area contributed by atoms with E-state index in [0.717, 1.165) is 19.3 Å². The van der Waals surface area contributed by atoms with Crippen LogP contribution in [0.2, 0.25) is 0 Å². The highest BCUT2D eigenvalue weighted by molar-refractivity contribution is 7.86. The first-order valence-corrected chi connectivity index (χ1v) is 7.19. The number of allylic oxidation sites excluding steroid dienone is 2. The molecule has 0 amide bonds. The van der Waals surface area contributed by atoms with Crippen LogP contribution in [-0.2, 0) is 14.3 Å². The lowest BCUT2D eigenvalue weighted by molar-refractivity contribution is 0.244. The Hall–Kier alpha value is -1.13. The van der Waals surface area contributed by atoms with Crippen LogP contribution >= 0.6 is 0 Å². The van der Waals surface area contributed by atoms with E-state index in [1.54, 1.807) is 30.3 Å². The zero-order chi connectivity index (χ0) is 12.1. The molecule has 17 heavy (non-hydrogen) atoms. The largest absolute Gasteiger partial charge is 0.296 e. The fourth-order valence-electron chi connectivity index (χ4n) is 1.85. The summed E-state index contributed by atoms with van der Waals surface area (Å²) in [4.78, 5) is 0.228. The van der Waals surface area contributed by atoms with Crippen LogP contribution in [0.15, 0.2) is 47.4 Å². The highest BCUT2D eigenvalue weighted by Crippen LogP contribution is 2.20. The third kappa shape index (κ3) is 3.41. The fourth-order valence-corrected chi connectivity index (χ4v) is 2.85. The van der Waals surface area contributed by atoms with Crippen LogP contribution in [-0.4, -0.2) is 15.0 Å². The third-order valence-corrected chi connectivity index (χ3v) is 4.16. The Labute approximate surface area is 102 Å². The molecule has 0 heterocycles. The van der Waals surface area contributed by atoms with Gasteiger partial charge in [-0.15, -0.1) is 0 Å². The average molecular weight is 252 g/mol. The van der Waals surface area contributed by atoms with Gasteiger partial charge in [-0.25, -0.2) is 0 Å². The van der Waals surface area contributed by atoms with Gasteiger partial charge in [-0.2, -0.15) is 8.42 Å². The van der Waals surface area contributed by atoms with Crippen molar-refractivity contribution in [3.8, 4) is 0 Å². The molecular formula is C13H16O3S. The van der Waals surface area contributed by atoms with E-state index >= 15 is 0 Å². The van der Waals surface area contributed by atoms with Crippen molar-refractivity contribution < 1.29 is 12.6 Å². The van der Waals surface area contributed by atoms with Crippen molar-refractivity contribution in [3.05, 3.63) is 42.5 Å². The number of rotatable bonds is 4. The highest BCUT2D eigenvalue weighted by Gasteiger charge is 2.18. The van der Waals surface area contributed by atoms with Crippen molar-refractivity contribution in [3.63, 3.8) is 0 Å². The Morgan fingerprint density at radius 3 is 2.59 bits per heavy atom. The molecule has 0 N–H and O–H groups in total. The summed E-state index contributed by atoms with van der Waals surface area (Å²) < 4.78 is 28.8. The van der Waals surface area contributed by atoms with Crippen LogP contribution in [0.4, 0.5) is 0 Å². The van der Waals surface area contributed by atoms with E-state index in [1.807, 2.05) is 0 Å². The van der Waals surface area contributed by atoms with Crippen LogP contribution in [0, 0.1) is 5.92 Å². The lowest BCUT2D eigenvalue weighted by atomic mass is 9.96. The van der Waals surface area contributed by atoms with Gasteiger partial charge in [0.15, 0.2) is 0 Å². The summed E-state index contributed by atoms with van der Waals surface area (Å²) in [6, 6.07) is 8.27. The van der Waals surface area contributed by atoms with Crippen molar-refractivity contribution in [1.29, 1.82) is 0 Å². The molecule has 0 bridgehead atoms. The molecule has 0 aromatic heterocycles. The summed E-state index contributed by atoms with van der Waals surface area (Å²) in [5.74, 6) is 0.318.